The van der Waals surface area contributed by atoms with Crippen LogP contribution in [0.3, 0.4) is 0 Å². The van der Waals surface area contributed by atoms with E-state index in [9.17, 15) is 0 Å². The predicted molar refractivity (Wildman–Crippen MR) is 56.2 cm³/mol. The molecule has 74 valence electrons. The largest absolute Gasteiger partial charge is 0.396 e. The van der Waals surface area contributed by atoms with Crippen molar-refractivity contribution in [1.29, 1.82) is 0 Å². The number of hydrogen-bond acceptors (Lipinski definition) is 2. The molecule has 0 saturated carbocycles. The molecule has 0 saturated heterocycles. The molecule has 0 amide bonds. The smallest absolute Gasteiger partial charge is 0.0471 e. The lowest BCUT2D eigenvalue weighted by molar-refractivity contribution is 0.299. The minimum Gasteiger partial charge on any atom is -0.396 e. The van der Waals surface area contributed by atoms with Crippen LogP contribution in [0.5, 0.6) is 0 Å². The van der Waals surface area contributed by atoms with E-state index in [4.69, 9.17) is 5.11 Å². The fraction of sp³-hybridized carbons (Fsp3) is 0.455. The Balaban J connectivity index is 0.00000144. The van der Waals surface area contributed by atoms with Crippen molar-refractivity contribution in [2.45, 2.75) is 26.2 Å². The second-order valence-corrected chi connectivity index (χ2v) is 3.04. The van der Waals surface area contributed by atoms with Gasteiger partial charge in [0.1, 0.15) is 0 Å². The highest BCUT2D eigenvalue weighted by atomic mass is 16.2. The highest BCUT2D eigenvalue weighted by Gasteiger charge is 1.92. The molecule has 0 spiro atoms. The maximum Gasteiger partial charge on any atom is 0.0471 e. The zero-order valence-corrected chi connectivity index (χ0v) is 8.29. The van der Waals surface area contributed by atoms with Gasteiger partial charge in [-0.15, -0.1) is 0 Å². The minimum atomic E-state index is 0. The fourth-order valence-corrected chi connectivity index (χ4v) is 1.29. The van der Waals surface area contributed by atoms with E-state index in [0.717, 1.165) is 12.8 Å². The third kappa shape index (κ3) is 4.06. The Labute approximate surface area is 80.2 Å². The number of hydrogen-bond donors (Lipinski definition) is 2. The van der Waals surface area contributed by atoms with Crippen LogP contribution in [0.2, 0.25) is 0 Å². The van der Waals surface area contributed by atoms with Gasteiger partial charge >= 0.3 is 0 Å². The molecule has 0 aliphatic rings. The molecule has 2 heteroatoms. The van der Waals surface area contributed by atoms with E-state index in [1.54, 1.807) is 0 Å². The number of aliphatic hydroxyl groups excluding tert-OH is 1. The van der Waals surface area contributed by atoms with E-state index in [1.165, 1.54) is 17.5 Å². The van der Waals surface area contributed by atoms with Gasteiger partial charge < -0.3 is 11.3 Å². The summed E-state index contributed by atoms with van der Waals surface area (Å²) in [5, 5.41) is 8.69. The van der Waals surface area contributed by atoms with Crippen molar-refractivity contribution in [3.8, 4) is 0 Å². The first-order chi connectivity index (χ1) is 5.86. The molecule has 0 atom stereocenters. The summed E-state index contributed by atoms with van der Waals surface area (Å²) < 4.78 is 0. The molecule has 4 N–H and O–H groups in total. The molecule has 0 aromatic heterocycles. The Bertz CT molecular complexity index is 193. The summed E-state index contributed by atoms with van der Waals surface area (Å²) in [6.45, 7) is 2.43. The molecule has 1 rings (SSSR count). The van der Waals surface area contributed by atoms with E-state index in [0.29, 0.717) is 0 Å². The summed E-state index contributed by atoms with van der Waals surface area (Å²) >= 11 is 0. The van der Waals surface area contributed by atoms with Gasteiger partial charge in [-0.2, -0.15) is 0 Å². The van der Waals surface area contributed by atoms with Crippen LogP contribution in [0, 0.1) is 0 Å². The quantitative estimate of drug-likeness (QED) is 0.749. The van der Waals surface area contributed by atoms with Crippen LogP contribution in [-0.2, 0) is 12.8 Å². The lowest BCUT2D eigenvalue weighted by atomic mass is 10.1. The van der Waals surface area contributed by atoms with Gasteiger partial charge in [-0.05, 0) is 24.0 Å². The molecule has 0 radical (unpaired) electrons. The van der Waals surface area contributed by atoms with Crippen molar-refractivity contribution in [1.82, 2.24) is 6.15 Å². The van der Waals surface area contributed by atoms with E-state index in [2.05, 4.69) is 31.2 Å². The molecule has 13 heavy (non-hydrogen) atoms. The number of benzene rings is 1. The molecule has 0 unspecified atom stereocenters. The van der Waals surface area contributed by atoms with E-state index >= 15 is 0 Å². The molecule has 0 aliphatic heterocycles. The summed E-state index contributed by atoms with van der Waals surface area (Å²) in [5.41, 5.74) is 2.61. The zero-order chi connectivity index (χ0) is 8.81. The van der Waals surface area contributed by atoms with Gasteiger partial charge in [0.25, 0.3) is 0 Å². The fourth-order valence-electron chi connectivity index (χ4n) is 1.29. The van der Waals surface area contributed by atoms with Gasteiger partial charge in [-0.1, -0.05) is 37.6 Å². The van der Waals surface area contributed by atoms with Crippen LogP contribution in [0.15, 0.2) is 24.3 Å². The molecule has 1 aromatic carbocycles. The Hall–Kier alpha value is -0.860. The standard InChI is InChI=1S/C11H16O.H3N/c1-2-3-10-4-6-11(7-5-10)8-9-12;/h4-7,12H,2-3,8-9H2,1H3;1H3. The van der Waals surface area contributed by atoms with Gasteiger partial charge in [-0.3, -0.25) is 0 Å². The summed E-state index contributed by atoms with van der Waals surface area (Å²) in [6, 6.07) is 8.49. The molecule has 0 fully saturated rings. The molecule has 1 aromatic rings. The van der Waals surface area contributed by atoms with Gasteiger partial charge in [0, 0.05) is 6.61 Å². The predicted octanol–water partition coefficient (Wildman–Crippen LogP) is 2.34. The Morgan fingerprint density at radius 3 is 1.85 bits per heavy atom. The highest BCUT2D eigenvalue weighted by Crippen LogP contribution is 2.06. The average Bonchev–Trinajstić information content (AvgIpc) is 2.09. The first kappa shape index (κ1) is 12.1. The Kier molecular flexibility index (Phi) is 6.20. The molecule has 0 heterocycles. The van der Waals surface area contributed by atoms with Crippen molar-refractivity contribution >= 4 is 0 Å². The van der Waals surface area contributed by atoms with Gasteiger partial charge in [0.2, 0.25) is 0 Å². The maximum absolute atomic E-state index is 8.69. The van der Waals surface area contributed by atoms with Crippen LogP contribution < -0.4 is 6.15 Å². The van der Waals surface area contributed by atoms with Crippen LogP contribution in [0.1, 0.15) is 24.5 Å². The Morgan fingerprint density at radius 2 is 1.46 bits per heavy atom. The lowest BCUT2D eigenvalue weighted by Crippen LogP contribution is -1.90. The van der Waals surface area contributed by atoms with Gasteiger partial charge in [-0.25, -0.2) is 0 Å². The van der Waals surface area contributed by atoms with Crippen LogP contribution in [-0.4, -0.2) is 11.7 Å². The second kappa shape index (κ2) is 6.63. The second-order valence-electron chi connectivity index (χ2n) is 3.04. The van der Waals surface area contributed by atoms with Crippen LogP contribution >= 0.6 is 0 Å². The summed E-state index contributed by atoms with van der Waals surface area (Å²) in [7, 11) is 0. The Morgan fingerprint density at radius 1 is 1.00 bits per heavy atom. The molecule has 0 bridgehead atoms. The van der Waals surface area contributed by atoms with Crippen LogP contribution in [0.25, 0.3) is 0 Å². The van der Waals surface area contributed by atoms with E-state index in [-0.39, 0.29) is 12.8 Å². The summed E-state index contributed by atoms with van der Waals surface area (Å²) in [5.74, 6) is 0. The van der Waals surface area contributed by atoms with E-state index in [1.807, 2.05) is 0 Å². The van der Waals surface area contributed by atoms with Crippen molar-refractivity contribution < 1.29 is 5.11 Å². The molecule has 0 aliphatic carbocycles. The minimum absolute atomic E-state index is 0. The molecular formula is C11H19NO. The van der Waals surface area contributed by atoms with Crippen molar-refractivity contribution in [2.24, 2.45) is 0 Å². The molecular weight excluding hydrogens is 162 g/mol. The normalized spacial score (nSPS) is 9.38. The highest BCUT2D eigenvalue weighted by molar-refractivity contribution is 5.22. The third-order valence-electron chi connectivity index (χ3n) is 1.96. The van der Waals surface area contributed by atoms with Crippen LogP contribution in [0.4, 0.5) is 0 Å². The van der Waals surface area contributed by atoms with Gasteiger partial charge in [0.15, 0.2) is 0 Å². The van der Waals surface area contributed by atoms with E-state index < -0.39 is 0 Å². The third-order valence-corrected chi connectivity index (χ3v) is 1.96. The monoisotopic (exact) mass is 181 g/mol. The van der Waals surface area contributed by atoms with Crippen molar-refractivity contribution in [3.63, 3.8) is 0 Å². The number of aryl methyl sites for hydroxylation is 1. The first-order valence-electron chi connectivity index (χ1n) is 4.55. The summed E-state index contributed by atoms with van der Waals surface area (Å²) in [6.07, 6.45) is 3.12. The number of rotatable bonds is 4. The van der Waals surface area contributed by atoms with Crippen molar-refractivity contribution in [2.75, 3.05) is 6.61 Å². The molecule has 2 nitrogen and oxygen atoms in total. The van der Waals surface area contributed by atoms with Crippen molar-refractivity contribution in [3.05, 3.63) is 35.4 Å². The topological polar surface area (TPSA) is 55.2 Å². The summed E-state index contributed by atoms with van der Waals surface area (Å²) in [4.78, 5) is 0. The lowest BCUT2D eigenvalue weighted by Gasteiger charge is -2.00. The zero-order valence-electron chi connectivity index (χ0n) is 8.29. The first-order valence-corrected chi connectivity index (χ1v) is 4.55. The maximum atomic E-state index is 8.69. The SMILES string of the molecule is CCCc1ccc(CCO)cc1.N. The van der Waals surface area contributed by atoms with Gasteiger partial charge in [0.05, 0.1) is 0 Å². The average molecular weight is 181 g/mol. The number of aliphatic hydroxyl groups is 1.